The summed E-state index contributed by atoms with van der Waals surface area (Å²) < 4.78 is 4.59. The maximum Gasteiger partial charge on any atom is 0.305 e. The zero-order chi connectivity index (χ0) is 8.10. The van der Waals surface area contributed by atoms with E-state index in [-0.39, 0.29) is 5.97 Å². The van der Waals surface area contributed by atoms with Crippen molar-refractivity contribution >= 4 is 5.97 Å². The summed E-state index contributed by atoms with van der Waals surface area (Å²) in [6, 6.07) is 0. The fourth-order valence-electron chi connectivity index (χ4n) is 1.42. The molecule has 1 rings (SSSR count). The zero-order valence-electron chi connectivity index (χ0n) is 6.93. The number of piperidine rings is 1. The molecule has 0 amide bonds. The van der Waals surface area contributed by atoms with Gasteiger partial charge in [0.25, 0.3) is 0 Å². The number of carbonyl (C=O) groups is 1. The minimum atomic E-state index is -0.0845. The predicted octanol–water partition coefficient (Wildman–Crippen LogP) is 0.549. The summed E-state index contributed by atoms with van der Waals surface area (Å²) in [5.74, 6) is 0.412. The van der Waals surface area contributed by atoms with Crippen molar-refractivity contribution in [2.24, 2.45) is 5.92 Å². The van der Waals surface area contributed by atoms with Crippen molar-refractivity contribution in [1.82, 2.24) is 5.32 Å². The molecule has 0 radical (unpaired) electrons. The molecule has 3 heteroatoms. The Morgan fingerprint density at radius 3 is 3.09 bits per heavy atom. The van der Waals surface area contributed by atoms with Gasteiger partial charge in [0.05, 0.1) is 7.11 Å². The molecule has 1 atom stereocenters. The SMILES string of the molecule is COC(=O)CC1CCCNC1. The standard InChI is InChI=1S/C8H15NO2/c1-11-8(10)5-7-3-2-4-9-6-7/h7,9H,2-6H2,1H3. The van der Waals surface area contributed by atoms with Crippen LogP contribution in [0.1, 0.15) is 19.3 Å². The van der Waals surface area contributed by atoms with Crippen molar-refractivity contribution in [1.29, 1.82) is 0 Å². The summed E-state index contributed by atoms with van der Waals surface area (Å²) in [5, 5.41) is 3.26. The Morgan fingerprint density at radius 1 is 1.73 bits per heavy atom. The molecule has 0 bridgehead atoms. The summed E-state index contributed by atoms with van der Waals surface area (Å²) in [6.45, 7) is 2.06. The molecule has 0 aromatic rings. The van der Waals surface area contributed by atoms with Crippen molar-refractivity contribution in [3.05, 3.63) is 0 Å². The van der Waals surface area contributed by atoms with Crippen molar-refractivity contribution in [3.8, 4) is 0 Å². The molecule has 1 heterocycles. The number of nitrogens with one attached hydrogen (secondary N) is 1. The molecule has 0 spiro atoms. The lowest BCUT2D eigenvalue weighted by Crippen LogP contribution is -2.31. The number of rotatable bonds is 2. The van der Waals surface area contributed by atoms with Gasteiger partial charge in [-0.25, -0.2) is 0 Å². The van der Waals surface area contributed by atoms with Gasteiger partial charge in [-0.05, 0) is 31.8 Å². The Morgan fingerprint density at radius 2 is 2.55 bits per heavy atom. The first-order valence-corrected chi connectivity index (χ1v) is 4.10. The molecule has 0 aromatic heterocycles. The molecular formula is C8H15NO2. The highest BCUT2D eigenvalue weighted by Gasteiger charge is 2.16. The molecule has 3 nitrogen and oxygen atoms in total. The molecule has 1 saturated heterocycles. The quantitative estimate of drug-likeness (QED) is 0.595. The first-order chi connectivity index (χ1) is 5.33. The van der Waals surface area contributed by atoms with Gasteiger partial charge in [-0.1, -0.05) is 0 Å². The van der Waals surface area contributed by atoms with Gasteiger partial charge in [-0.3, -0.25) is 4.79 Å². The van der Waals surface area contributed by atoms with Gasteiger partial charge in [0.1, 0.15) is 0 Å². The van der Waals surface area contributed by atoms with Crippen LogP contribution >= 0.6 is 0 Å². The first kappa shape index (κ1) is 8.53. The van der Waals surface area contributed by atoms with Gasteiger partial charge in [-0.2, -0.15) is 0 Å². The third kappa shape index (κ3) is 2.89. The van der Waals surface area contributed by atoms with Crippen molar-refractivity contribution in [3.63, 3.8) is 0 Å². The molecule has 1 N–H and O–H groups in total. The Hall–Kier alpha value is -0.570. The fraction of sp³-hybridized carbons (Fsp3) is 0.875. The van der Waals surface area contributed by atoms with E-state index in [0.717, 1.165) is 19.5 Å². The van der Waals surface area contributed by atoms with Gasteiger partial charge in [0.15, 0.2) is 0 Å². The van der Waals surface area contributed by atoms with Gasteiger partial charge in [-0.15, -0.1) is 0 Å². The van der Waals surface area contributed by atoms with E-state index in [0.29, 0.717) is 12.3 Å². The highest BCUT2D eigenvalue weighted by molar-refractivity contribution is 5.69. The molecule has 11 heavy (non-hydrogen) atoms. The molecule has 0 aromatic carbocycles. The van der Waals surface area contributed by atoms with E-state index in [4.69, 9.17) is 0 Å². The Labute approximate surface area is 67.1 Å². The van der Waals surface area contributed by atoms with E-state index in [1.165, 1.54) is 13.5 Å². The van der Waals surface area contributed by atoms with Gasteiger partial charge >= 0.3 is 5.97 Å². The van der Waals surface area contributed by atoms with Crippen molar-refractivity contribution in [2.75, 3.05) is 20.2 Å². The molecule has 64 valence electrons. The van der Waals surface area contributed by atoms with Crippen LogP contribution in [-0.2, 0) is 9.53 Å². The summed E-state index contributed by atoms with van der Waals surface area (Å²) in [6.07, 6.45) is 2.91. The molecule has 0 saturated carbocycles. The largest absolute Gasteiger partial charge is 0.469 e. The lowest BCUT2D eigenvalue weighted by atomic mass is 9.96. The van der Waals surface area contributed by atoms with Crippen molar-refractivity contribution in [2.45, 2.75) is 19.3 Å². The maximum absolute atomic E-state index is 10.8. The van der Waals surface area contributed by atoms with E-state index < -0.39 is 0 Å². The van der Waals surface area contributed by atoms with Crippen LogP contribution in [0.3, 0.4) is 0 Å². The molecule has 1 fully saturated rings. The topological polar surface area (TPSA) is 38.3 Å². The third-order valence-electron chi connectivity index (χ3n) is 2.08. The fourth-order valence-corrected chi connectivity index (χ4v) is 1.42. The van der Waals surface area contributed by atoms with Crippen LogP contribution in [0.25, 0.3) is 0 Å². The van der Waals surface area contributed by atoms with Crippen LogP contribution in [0.15, 0.2) is 0 Å². The van der Waals surface area contributed by atoms with Crippen LogP contribution < -0.4 is 5.32 Å². The molecule has 0 aliphatic carbocycles. The third-order valence-corrected chi connectivity index (χ3v) is 2.08. The lowest BCUT2D eigenvalue weighted by molar-refractivity contribution is -0.141. The Bertz CT molecular complexity index is 130. The van der Waals surface area contributed by atoms with E-state index in [1.807, 2.05) is 0 Å². The number of methoxy groups -OCH3 is 1. The minimum Gasteiger partial charge on any atom is -0.469 e. The van der Waals surface area contributed by atoms with Gasteiger partial charge in [0.2, 0.25) is 0 Å². The summed E-state index contributed by atoms with van der Waals surface area (Å²) >= 11 is 0. The second-order valence-electron chi connectivity index (χ2n) is 2.99. The molecule has 1 aliphatic heterocycles. The summed E-state index contributed by atoms with van der Waals surface area (Å²) in [7, 11) is 1.44. The van der Waals surface area contributed by atoms with E-state index in [9.17, 15) is 4.79 Å². The highest BCUT2D eigenvalue weighted by Crippen LogP contribution is 2.13. The van der Waals surface area contributed by atoms with Crippen LogP contribution in [0, 0.1) is 5.92 Å². The minimum absolute atomic E-state index is 0.0845. The van der Waals surface area contributed by atoms with Crippen LogP contribution in [0.2, 0.25) is 0 Å². The predicted molar refractivity (Wildman–Crippen MR) is 42.2 cm³/mol. The molecule has 1 unspecified atom stereocenters. The van der Waals surface area contributed by atoms with Crippen molar-refractivity contribution < 1.29 is 9.53 Å². The summed E-state index contributed by atoms with van der Waals surface area (Å²) in [5.41, 5.74) is 0. The smallest absolute Gasteiger partial charge is 0.305 e. The highest BCUT2D eigenvalue weighted by atomic mass is 16.5. The molecular weight excluding hydrogens is 142 g/mol. The van der Waals surface area contributed by atoms with Crippen LogP contribution in [0.5, 0.6) is 0 Å². The maximum atomic E-state index is 10.8. The number of ether oxygens (including phenoxy) is 1. The number of hydrogen-bond acceptors (Lipinski definition) is 3. The monoisotopic (exact) mass is 157 g/mol. The van der Waals surface area contributed by atoms with E-state index >= 15 is 0 Å². The van der Waals surface area contributed by atoms with Gasteiger partial charge in [0, 0.05) is 6.42 Å². The van der Waals surface area contributed by atoms with E-state index in [2.05, 4.69) is 10.1 Å². The average Bonchev–Trinajstić information content (AvgIpc) is 2.06. The Balaban J connectivity index is 2.19. The normalized spacial score (nSPS) is 24.6. The van der Waals surface area contributed by atoms with Crippen LogP contribution in [0.4, 0.5) is 0 Å². The zero-order valence-corrected chi connectivity index (χ0v) is 6.93. The second kappa shape index (κ2) is 4.34. The number of hydrogen-bond donors (Lipinski definition) is 1. The first-order valence-electron chi connectivity index (χ1n) is 4.10. The number of esters is 1. The van der Waals surface area contributed by atoms with Crippen LogP contribution in [-0.4, -0.2) is 26.2 Å². The molecule has 1 aliphatic rings. The second-order valence-corrected chi connectivity index (χ2v) is 2.99. The number of carbonyl (C=O) groups excluding carboxylic acids is 1. The Kier molecular flexibility index (Phi) is 3.36. The van der Waals surface area contributed by atoms with E-state index in [1.54, 1.807) is 0 Å². The van der Waals surface area contributed by atoms with Gasteiger partial charge < -0.3 is 10.1 Å². The lowest BCUT2D eigenvalue weighted by Gasteiger charge is -2.21. The summed E-state index contributed by atoms with van der Waals surface area (Å²) in [4.78, 5) is 10.8. The average molecular weight is 157 g/mol.